The zero-order chi connectivity index (χ0) is 18.8. The first kappa shape index (κ1) is 17.9. The van der Waals surface area contributed by atoms with E-state index < -0.39 is 0 Å². The summed E-state index contributed by atoms with van der Waals surface area (Å²) in [5.74, 6) is 3.43. The third-order valence-electron chi connectivity index (χ3n) is 5.03. The molecule has 0 atom stereocenters. The molecule has 0 saturated heterocycles. The van der Waals surface area contributed by atoms with Gasteiger partial charge in [-0.05, 0) is 25.2 Å². The molecule has 0 amide bonds. The van der Waals surface area contributed by atoms with Crippen molar-refractivity contribution in [2.75, 3.05) is 5.32 Å². The largest absolute Gasteiger partial charge is 0.362 e. The molecule has 1 N–H and O–H groups in total. The fourth-order valence-corrected chi connectivity index (χ4v) is 3.71. The summed E-state index contributed by atoms with van der Waals surface area (Å²) in [6.45, 7) is 9.13. The maximum atomic E-state index is 4.87. The van der Waals surface area contributed by atoms with Crippen LogP contribution in [0.3, 0.4) is 0 Å². The highest BCUT2D eigenvalue weighted by molar-refractivity contribution is 5.89. The first-order chi connectivity index (χ1) is 13.2. The Balaban J connectivity index is 1.65. The Morgan fingerprint density at radius 2 is 2.11 bits per heavy atom. The number of aromatic nitrogens is 7. The van der Waals surface area contributed by atoms with Crippen LogP contribution in [0.15, 0.2) is 6.33 Å². The number of nitrogens with one attached hydrogen (secondary N) is 1. The second-order valence-electron chi connectivity index (χ2n) is 7.68. The van der Waals surface area contributed by atoms with Gasteiger partial charge in [-0.2, -0.15) is 5.10 Å². The zero-order valence-electron chi connectivity index (χ0n) is 16.4. The average molecular weight is 368 g/mol. The number of aryl methyl sites for hydroxylation is 2. The van der Waals surface area contributed by atoms with Gasteiger partial charge in [-0.15, -0.1) is 10.2 Å². The van der Waals surface area contributed by atoms with Gasteiger partial charge in [0.15, 0.2) is 11.5 Å². The van der Waals surface area contributed by atoms with Gasteiger partial charge in [0.2, 0.25) is 0 Å². The van der Waals surface area contributed by atoms with Crippen LogP contribution in [0.1, 0.15) is 57.4 Å². The minimum atomic E-state index is 0.524. The molecule has 0 aromatic carbocycles. The van der Waals surface area contributed by atoms with Gasteiger partial charge in [-0.1, -0.05) is 27.2 Å². The summed E-state index contributed by atoms with van der Waals surface area (Å²) < 4.78 is 4.25. The summed E-state index contributed by atoms with van der Waals surface area (Å²) in [6, 6.07) is 0. The fourth-order valence-electron chi connectivity index (χ4n) is 3.71. The highest BCUT2D eigenvalue weighted by atomic mass is 15.3. The van der Waals surface area contributed by atoms with E-state index in [0.29, 0.717) is 12.5 Å². The molecule has 1 aliphatic rings. The quantitative estimate of drug-likeness (QED) is 0.658. The fraction of sp³-hybridized carbons (Fsp3) is 0.632. The van der Waals surface area contributed by atoms with Crippen LogP contribution in [0.5, 0.6) is 0 Å². The first-order valence-corrected chi connectivity index (χ1v) is 10.0. The third kappa shape index (κ3) is 3.52. The van der Waals surface area contributed by atoms with Crippen molar-refractivity contribution >= 4 is 16.9 Å². The molecule has 4 heterocycles. The van der Waals surface area contributed by atoms with E-state index in [1.165, 1.54) is 0 Å². The first-order valence-electron chi connectivity index (χ1n) is 10.0. The Kier molecular flexibility index (Phi) is 5.05. The lowest BCUT2D eigenvalue weighted by molar-refractivity contribution is 0.562. The summed E-state index contributed by atoms with van der Waals surface area (Å²) in [5.41, 5.74) is 1.99. The highest BCUT2D eigenvalue weighted by Gasteiger charge is 2.20. The minimum absolute atomic E-state index is 0.524. The molecule has 4 rings (SSSR count). The van der Waals surface area contributed by atoms with Crippen molar-refractivity contribution in [3.8, 4) is 0 Å². The summed E-state index contributed by atoms with van der Waals surface area (Å²) in [4.78, 5) is 9.07. The van der Waals surface area contributed by atoms with Crippen LogP contribution < -0.4 is 5.32 Å². The van der Waals surface area contributed by atoms with Gasteiger partial charge in [0.1, 0.15) is 18.0 Å². The van der Waals surface area contributed by atoms with Gasteiger partial charge in [0.05, 0.1) is 17.6 Å². The molecule has 0 saturated carbocycles. The smallest absolute Gasteiger partial charge is 0.163 e. The van der Waals surface area contributed by atoms with Crippen LogP contribution >= 0.6 is 0 Å². The number of unbranched alkanes of at least 4 members (excludes halogenated alkanes) is 1. The lowest BCUT2D eigenvalue weighted by Crippen LogP contribution is -2.09. The van der Waals surface area contributed by atoms with Crippen molar-refractivity contribution in [3.05, 3.63) is 23.7 Å². The Labute approximate surface area is 159 Å². The Hall–Kier alpha value is -2.51. The maximum absolute atomic E-state index is 4.87. The van der Waals surface area contributed by atoms with E-state index in [0.717, 1.165) is 79.4 Å². The SMILES string of the molecule is CCCCn1nc(CC(C)C)c2c(NCc3nnc4n3CCC4)ncnc21. The Bertz CT molecular complexity index is 923. The highest BCUT2D eigenvalue weighted by Crippen LogP contribution is 2.26. The van der Waals surface area contributed by atoms with Gasteiger partial charge in [-0.25, -0.2) is 14.6 Å². The molecular formula is C19H28N8. The molecule has 8 nitrogen and oxygen atoms in total. The molecule has 0 aliphatic carbocycles. The molecular weight excluding hydrogens is 340 g/mol. The second kappa shape index (κ2) is 7.62. The Morgan fingerprint density at radius 1 is 1.22 bits per heavy atom. The number of anilines is 1. The topological polar surface area (TPSA) is 86.3 Å². The zero-order valence-corrected chi connectivity index (χ0v) is 16.4. The van der Waals surface area contributed by atoms with E-state index in [1.54, 1.807) is 6.33 Å². The lowest BCUT2D eigenvalue weighted by Gasteiger charge is -2.08. The van der Waals surface area contributed by atoms with Crippen molar-refractivity contribution < 1.29 is 0 Å². The monoisotopic (exact) mass is 368 g/mol. The number of nitrogens with zero attached hydrogens (tertiary/aromatic N) is 7. The van der Waals surface area contributed by atoms with E-state index in [-0.39, 0.29) is 0 Å². The third-order valence-corrected chi connectivity index (χ3v) is 5.03. The molecule has 27 heavy (non-hydrogen) atoms. The lowest BCUT2D eigenvalue weighted by atomic mass is 10.1. The standard InChI is InChI=1S/C19H28N8/c1-4-5-9-27-19-17(14(25-27)10-13(2)3)18(21-12-22-19)20-11-16-24-23-15-7-6-8-26(15)16/h12-13H,4-11H2,1-3H3,(H,20,21,22). The molecule has 0 fully saturated rings. The predicted octanol–water partition coefficient (Wildman–Crippen LogP) is 2.97. The molecule has 0 unspecified atom stereocenters. The molecule has 3 aromatic rings. The van der Waals surface area contributed by atoms with Crippen molar-refractivity contribution in [1.29, 1.82) is 0 Å². The number of hydrogen-bond acceptors (Lipinski definition) is 6. The molecule has 144 valence electrons. The molecule has 8 heteroatoms. The van der Waals surface area contributed by atoms with Crippen LogP contribution in [-0.2, 0) is 32.5 Å². The van der Waals surface area contributed by atoms with E-state index >= 15 is 0 Å². The van der Waals surface area contributed by atoms with E-state index in [9.17, 15) is 0 Å². The maximum Gasteiger partial charge on any atom is 0.163 e. The van der Waals surface area contributed by atoms with Crippen molar-refractivity contribution in [2.24, 2.45) is 5.92 Å². The second-order valence-corrected chi connectivity index (χ2v) is 7.68. The van der Waals surface area contributed by atoms with E-state index in [2.05, 4.69) is 50.8 Å². The molecule has 0 spiro atoms. The van der Waals surface area contributed by atoms with Gasteiger partial charge in [-0.3, -0.25) is 0 Å². The van der Waals surface area contributed by atoms with Crippen LogP contribution in [0.4, 0.5) is 5.82 Å². The molecule has 0 radical (unpaired) electrons. The van der Waals surface area contributed by atoms with Crippen molar-refractivity contribution in [3.63, 3.8) is 0 Å². The molecule has 1 aliphatic heterocycles. The minimum Gasteiger partial charge on any atom is -0.362 e. The van der Waals surface area contributed by atoms with Crippen LogP contribution in [-0.4, -0.2) is 34.5 Å². The molecule has 3 aromatic heterocycles. The average Bonchev–Trinajstić information content (AvgIpc) is 3.33. The van der Waals surface area contributed by atoms with Gasteiger partial charge >= 0.3 is 0 Å². The molecule has 0 bridgehead atoms. The predicted molar refractivity (Wildman–Crippen MR) is 104 cm³/mol. The van der Waals surface area contributed by atoms with E-state index in [4.69, 9.17) is 5.10 Å². The number of hydrogen-bond donors (Lipinski definition) is 1. The van der Waals surface area contributed by atoms with Gasteiger partial charge < -0.3 is 9.88 Å². The Morgan fingerprint density at radius 3 is 2.93 bits per heavy atom. The van der Waals surface area contributed by atoms with E-state index in [1.807, 2.05) is 4.68 Å². The van der Waals surface area contributed by atoms with Crippen LogP contribution in [0.25, 0.3) is 11.0 Å². The van der Waals surface area contributed by atoms with Crippen LogP contribution in [0, 0.1) is 5.92 Å². The van der Waals surface area contributed by atoms with Crippen molar-refractivity contribution in [1.82, 2.24) is 34.5 Å². The summed E-state index contributed by atoms with van der Waals surface area (Å²) in [5, 5.41) is 18.0. The van der Waals surface area contributed by atoms with Crippen molar-refractivity contribution in [2.45, 2.75) is 72.5 Å². The number of rotatable bonds is 8. The number of fused-ring (bicyclic) bond motifs is 2. The van der Waals surface area contributed by atoms with Gasteiger partial charge in [0.25, 0.3) is 0 Å². The normalized spacial score (nSPS) is 13.6. The summed E-state index contributed by atoms with van der Waals surface area (Å²) >= 11 is 0. The van der Waals surface area contributed by atoms with Gasteiger partial charge in [0, 0.05) is 19.5 Å². The van der Waals surface area contributed by atoms with Crippen LogP contribution in [0.2, 0.25) is 0 Å². The summed E-state index contributed by atoms with van der Waals surface area (Å²) in [6.07, 6.45) is 6.94. The summed E-state index contributed by atoms with van der Waals surface area (Å²) in [7, 11) is 0.